The Labute approximate surface area is 173 Å². The van der Waals surface area contributed by atoms with Gasteiger partial charge < -0.3 is 14.7 Å². The fourth-order valence-corrected chi connectivity index (χ4v) is 3.73. The predicted octanol–water partition coefficient (Wildman–Crippen LogP) is 4.87. The summed E-state index contributed by atoms with van der Waals surface area (Å²) in [5, 5.41) is 7.79. The molecule has 0 unspecified atom stereocenters. The Morgan fingerprint density at radius 2 is 1.80 bits per heavy atom. The van der Waals surface area contributed by atoms with Crippen molar-refractivity contribution in [3.05, 3.63) is 78.4 Å². The fraction of sp³-hybridized carbons (Fsp3) is 0.125. The molecule has 4 aromatic rings. The number of hydrogen-bond acceptors (Lipinski definition) is 4. The molecule has 0 bridgehead atoms. The van der Waals surface area contributed by atoms with E-state index in [-0.39, 0.29) is 11.8 Å². The highest BCUT2D eigenvalue weighted by Gasteiger charge is 2.21. The van der Waals surface area contributed by atoms with E-state index in [0.29, 0.717) is 28.9 Å². The highest BCUT2D eigenvalue weighted by Crippen LogP contribution is 2.29. The third-order valence-corrected chi connectivity index (χ3v) is 5.28. The number of amides is 2. The second kappa shape index (κ2) is 7.48. The summed E-state index contributed by atoms with van der Waals surface area (Å²) in [4.78, 5) is 26.4. The molecule has 0 spiro atoms. The molecule has 1 aromatic heterocycles. The summed E-state index contributed by atoms with van der Waals surface area (Å²) in [6.45, 7) is 0.743. The molecule has 30 heavy (non-hydrogen) atoms. The number of anilines is 2. The number of nitrogens with one attached hydrogen (secondary N) is 1. The minimum absolute atomic E-state index is 0.142. The molecule has 2 heterocycles. The maximum absolute atomic E-state index is 12.8. The number of benzene rings is 3. The van der Waals surface area contributed by atoms with Crippen molar-refractivity contribution < 1.29 is 14.1 Å². The minimum atomic E-state index is -0.220. The molecule has 148 valence electrons. The van der Waals surface area contributed by atoms with Crippen LogP contribution in [0.4, 0.5) is 11.4 Å². The first-order chi connectivity index (χ1) is 14.7. The van der Waals surface area contributed by atoms with Gasteiger partial charge in [0.15, 0.2) is 5.76 Å². The van der Waals surface area contributed by atoms with E-state index in [4.69, 9.17) is 4.52 Å². The zero-order chi connectivity index (χ0) is 20.5. The molecule has 0 radical (unpaired) electrons. The summed E-state index contributed by atoms with van der Waals surface area (Å²) < 4.78 is 5.51. The van der Waals surface area contributed by atoms with Crippen LogP contribution < -0.4 is 10.2 Å². The van der Waals surface area contributed by atoms with Gasteiger partial charge in [-0.3, -0.25) is 9.59 Å². The topological polar surface area (TPSA) is 75.4 Å². The lowest BCUT2D eigenvalue weighted by molar-refractivity contribution is -0.117. The van der Waals surface area contributed by atoms with Gasteiger partial charge >= 0.3 is 0 Å². The monoisotopic (exact) mass is 397 g/mol. The van der Waals surface area contributed by atoms with Crippen LogP contribution in [0.2, 0.25) is 0 Å². The lowest BCUT2D eigenvalue weighted by Crippen LogP contribution is -2.23. The first-order valence-electron chi connectivity index (χ1n) is 9.86. The van der Waals surface area contributed by atoms with Gasteiger partial charge in [-0.15, -0.1) is 0 Å². The van der Waals surface area contributed by atoms with Gasteiger partial charge in [-0.25, -0.2) is 0 Å². The molecule has 0 saturated carbocycles. The third kappa shape index (κ3) is 3.33. The van der Waals surface area contributed by atoms with Crippen molar-refractivity contribution in [1.29, 1.82) is 0 Å². The highest BCUT2D eigenvalue weighted by molar-refractivity contribution is 6.07. The Kier molecular flexibility index (Phi) is 4.52. The van der Waals surface area contributed by atoms with Gasteiger partial charge in [0.2, 0.25) is 5.91 Å². The van der Waals surface area contributed by atoms with Crippen molar-refractivity contribution in [2.45, 2.75) is 12.8 Å². The summed E-state index contributed by atoms with van der Waals surface area (Å²) in [7, 11) is 0. The second-order valence-electron chi connectivity index (χ2n) is 7.26. The number of rotatable bonds is 4. The van der Waals surface area contributed by atoms with E-state index >= 15 is 0 Å². The van der Waals surface area contributed by atoms with Crippen LogP contribution in [0.5, 0.6) is 0 Å². The maximum atomic E-state index is 12.8. The molecule has 1 aliphatic heterocycles. The molecule has 0 atom stereocenters. The van der Waals surface area contributed by atoms with Gasteiger partial charge in [-0.05, 0) is 48.9 Å². The largest absolute Gasteiger partial charge is 0.355 e. The molecule has 0 aliphatic carbocycles. The first kappa shape index (κ1) is 18.1. The van der Waals surface area contributed by atoms with E-state index in [9.17, 15) is 9.59 Å². The number of carbonyl (C=O) groups excluding carboxylic acids is 2. The van der Waals surface area contributed by atoms with Crippen LogP contribution in [-0.4, -0.2) is 23.5 Å². The third-order valence-electron chi connectivity index (χ3n) is 5.28. The highest BCUT2D eigenvalue weighted by atomic mass is 16.5. The molecule has 1 fully saturated rings. The summed E-state index contributed by atoms with van der Waals surface area (Å²) in [5.41, 5.74) is 3.65. The molecule has 5 rings (SSSR count). The lowest BCUT2D eigenvalue weighted by atomic mass is 10.1. The zero-order valence-electron chi connectivity index (χ0n) is 16.2. The van der Waals surface area contributed by atoms with E-state index in [1.807, 2.05) is 54.6 Å². The Balaban J connectivity index is 1.38. The van der Waals surface area contributed by atoms with E-state index < -0.39 is 0 Å². The second-order valence-corrected chi connectivity index (χ2v) is 7.26. The molecule has 1 aliphatic rings. The lowest BCUT2D eigenvalue weighted by Gasteiger charge is -2.16. The van der Waals surface area contributed by atoms with Crippen LogP contribution in [0.3, 0.4) is 0 Å². The van der Waals surface area contributed by atoms with Gasteiger partial charge in [-0.2, -0.15) is 0 Å². The standard InChI is InChI=1S/C24H19N3O3/c28-22-7-4-14-27(22)19-11-9-18(10-12-19)25-24(29)17-8-13-21-20(15-17)23(30-26-21)16-5-2-1-3-6-16/h1-3,5-6,8-13,15H,4,7,14H2,(H,25,29). The number of carbonyl (C=O) groups is 2. The minimum Gasteiger partial charge on any atom is -0.355 e. The maximum Gasteiger partial charge on any atom is 0.255 e. The average molecular weight is 397 g/mol. The molecule has 2 amide bonds. The summed E-state index contributed by atoms with van der Waals surface area (Å²) in [6.07, 6.45) is 1.47. The molecular weight excluding hydrogens is 378 g/mol. The number of hydrogen-bond donors (Lipinski definition) is 1. The summed E-state index contributed by atoms with van der Waals surface area (Å²) in [5.74, 6) is 0.560. The molecule has 6 heteroatoms. The van der Waals surface area contributed by atoms with Gasteiger partial charge in [0.1, 0.15) is 5.52 Å². The van der Waals surface area contributed by atoms with Crippen LogP contribution >= 0.6 is 0 Å². The van der Waals surface area contributed by atoms with E-state index in [0.717, 1.165) is 29.6 Å². The Hall–Kier alpha value is -3.93. The predicted molar refractivity (Wildman–Crippen MR) is 115 cm³/mol. The van der Waals surface area contributed by atoms with Crippen molar-refractivity contribution in [3.63, 3.8) is 0 Å². The van der Waals surface area contributed by atoms with Gasteiger partial charge in [0, 0.05) is 35.5 Å². The Morgan fingerprint density at radius 3 is 2.53 bits per heavy atom. The van der Waals surface area contributed by atoms with Gasteiger partial charge in [0.05, 0.1) is 5.39 Å². The van der Waals surface area contributed by atoms with E-state index in [1.54, 1.807) is 23.1 Å². The van der Waals surface area contributed by atoms with Crippen LogP contribution in [-0.2, 0) is 4.79 Å². The Bertz CT molecular complexity index is 1230. The molecule has 1 saturated heterocycles. The molecular formula is C24H19N3O3. The first-order valence-corrected chi connectivity index (χ1v) is 9.86. The fourth-order valence-electron chi connectivity index (χ4n) is 3.73. The van der Waals surface area contributed by atoms with Crippen molar-refractivity contribution >= 4 is 34.1 Å². The average Bonchev–Trinajstić information content (AvgIpc) is 3.40. The van der Waals surface area contributed by atoms with E-state index in [1.165, 1.54) is 0 Å². The number of fused-ring (bicyclic) bond motifs is 1. The summed E-state index contributed by atoms with van der Waals surface area (Å²) in [6, 6.07) is 22.3. The number of aromatic nitrogens is 1. The normalized spacial score (nSPS) is 13.7. The van der Waals surface area contributed by atoms with Crippen LogP contribution in [0.1, 0.15) is 23.2 Å². The van der Waals surface area contributed by atoms with Crippen molar-refractivity contribution in [3.8, 4) is 11.3 Å². The summed E-state index contributed by atoms with van der Waals surface area (Å²) >= 11 is 0. The SMILES string of the molecule is O=C(Nc1ccc(N2CCCC2=O)cc1)c1ccc2noc(-c3ccccc3)c2c1. The van der Waals surface area contributed by atoms with Crippen molar-refractivity contribution in [2.24, 2.45) is 0 Å². The quantitative estimate of drug-likeness (QED) is 0.533. The van der Waals surface area contributed by atoms with E-state index in [2.05, 4.69) is 10.5 Å². The smallest absolute Gasteiger partial charge is 0.255 e. The Morgan fingerprint density at radius 1 is 1.00 bits per heavy atom. The van der Waals surface area contributed by atoms with Crippen molar-refractivity contribution in [1.82, 2.24) is 5.16 Å². The zero-order valence-corrected chi connectivity index (χ0v) is 16.2. The molecule has 3 aromatic carbocycles. The van der Waals surface area contributed by atoms with Crippen LogP contribution in [0.25, 0.3) is 22.2 Å². The molecule has 1 N–H and O–H groups in total. The van der Waals surface area contributed by atoms with Crippen LogP contribution in [0, 0.1) is 0 Å². The van der Waals surface area contributed by atoms with Crippen LogP contribution in [0.15, 0.2) is 77.3 Å². The molecule has 6 nitrogen and oxygen atoms in total. The van der Waals surface area contributed by atoms with Gasteiger partial charge in [0.25, 0.3) is 5.91 Å². The van der Waals surface area contributed by atoms with Crippen molar-refractivity contribution in [2.75, 3.05) is 16.8 Å². The number of nitrogens with zero attached hydrogens (tertiary/aromatic N) is 2. The van der Waals surface area contributed by atoms with Gasteiger partial charge in [-0.1, -0.05) is 35.5 Å².